The van der Waals surface area contributed by atoms with Crippen LogP contribution in [0.15, 0.2) is 34.4 Å². The van der Waals surface area contributed by atoms with Gasteiger partial charge in [0.1, 0.15) is 0 Å². The summed E-state index contributed by atoms with van der Waals surface area (Å²) in [5.41, 5.74) is 7.08. The number of hydrogen-bond donors (Lipinski definition) is 1. The van der Waals surface area contributed by atoms with Gasteiger partial charge in [0.05, 0.1) is 6.20 Å². The standard InChI is InChI=1S/C10H10BrN3S/c11-8-3-9(15-6-8)4-10(12)7-1-2-13-14-5-7/h1-3,5-6,10H,4,12H2. The first-order chi connectivity index (χ1) is 7.25. The predicted octanol–water partition coefficient (Wildman–Crippen LogP) is 2.54. The molecule has 0 spiro atoms. The second-order valence-corrected chi connectivity index (χ2v) is 5.13. The minimum absolute atomic E-state index is 0.00829. The van der Waals surface area contributed by atoms with Crippen molar-refractivity contribution >= 4 is 27.3 Å². The highest BCUT2D eigenvalue weighted by molar-refractivity contribution is 9.10. The molecule has 0 aliphatic rings. The topological polar surface area (TPSA) is 51.8 Å². The molecule has 0 radical (unpaired) electrons. The highest BCUT2D eigenvalue weighted by atomic mass is 79.9. The molecule has 0 aliphatic heterocycles. The Hall–Kier alpha value is -0.780. The van der Waals surface area contributed by atoms with Crippen molar-refractivity contribution in [3.8, 4) is 0 Å². The van der Waals surface area contributed by atoms with Gasteiger partial charge in [-0.1, -0.05) is 0 Å². The van der Waals surface area contributed by atoms with Crippen LogP contribution in [0.25, 0.3) is 0 Å². The number of nitrogens with two attached hydrogens (primary N) is 1. The molecule has 2 rings (SSSR count). The molecule has 0 fully saturated rings. The fraction of sp³-hybridized carbons (Fsp3) is 0.200. The van der Waals surface area contributed by atoms with Crippen LogP contribution >= 0.6 is 27.3 Å². The Morgan fingerprint density at radius 1 is 1.47 bits per heavy atom. The first-order valence-electron chi connectivity index (χ1n) is 4.51. The summed E-state index contributed by atoms with van der Waals surface area (Å²) in [6.07, 6.45) is 4.22. The average molecular weight is 284 g/mol. The second-order valence-electron chi connectivity index (χ2n) is 3.22. The molecule has 1 unspecified atom stereocenters. The monoisotopic (exact) mass is 283 g/mol. The molecule has 0 saturated heterocycles. The maximum absolute atomic E-state index is 6.06. The van der Waals surface area contributed by atoms with E-state index in [0.29, 0.717) is 0 Å². The van der Waals surface area contributed by atoms with Crippen LogP contribution in [0.2, 0.25) is 0 Å². The Morgan fingerprint density at radius 2 is 2.33 bits per heavy atom. The summed E-state index contributed by atoms with van der Waals surface area (Å²) in [6.45, 7) is 0. The molecule has 1 atom stereocenters. The molecule has 2 N–H and O–H groups in total. The van der Waals surface area contributed by atoms with Crippen LogP contribution in [0.4, 0.5) is 0 Å². The number of aromatic nitrogens is 2. The molecule has 2 aromatic rings. The average Bonchev–Trinajstić information content (AvgIpc) is 2.65. The van der Waals surface area contributed by atoms with Gasteiger partial charge in [0.2, 0.25) is 0 Å². The lowest BCUT2D eigenvalue weighted by atomic mass is 10.1. The van der Waals surface area contributed by atoms with Gasteiger partial charge in [-0.25, -0.2) is 0 Å². The van der Waals surface area contributed by atoms with Crippen LogP contribution < -0.4 is 5.73 Å². The van der Waals surface area contributed by atoms with Crippen molar-refractivity contribution in [1.82, 2.24) is 10.2 Å². The minimum atomic E-state index is -0.00829. The molecule has 2 aromatic heterocycles. The van der Waals surface area contributed by atoms with Crippen LogP contribution in [-0.2, 0) is 6.42 Å². The summed E-state index contributed by atoms with van der Waals surface area (Å²) in [7, 11) is 0. The van der Waals surface area contributed by atoms with Crippen LogP contribution in [0.3, 0.4) is 0 Å². The third-order valence-corrected chi connectivity index (χ3v) is 3.80. The van der Waals surface area contributed by atoms with Crippen molar-refractivity contribution in [2.24, 2.45) is 5.73 Å². The molecule has 3 nitrogen and oxygen atoms in total. The molecule has 0 aliphatic carbocycles. The van der Waals surface area contributed by atoms with E-state index in [1.807, 2.05) is 6.07 Å². The molecule has 2 heterocycles. The van der Waals surface area contributed by atoms with Crippen molar-refractivity contribution in [1.29, 1.82) is 0 Å². The van der Waals surface area contributed by atoms with Crippen molar-refractivity contribution in [3.05, 3.63) is 44.8 Å². The van der Waals surface area contributed by atoms with Crippen molar-refractivity contribution < 1.29 is 0 Å². The number of hydrogen-bond acceptors (Lipinski definition) is 4. The van der Waals surface area contributed by atoms with E-state index in [2.05, 4.69) is 37.6 Å². The zero-order chi connectivity index (χ0) is 10.7. The quantitative estimate of drug-likeness (QED) is 0.942. The molecule has 0 amide bonds. The zero-order valence-corrected chi connectivity index (χ0v) is 10.3. The van der Waals surface area contributed by atoms with Crippen molar-refractivity contribution in [2.45, 2.75) is 12.5 Å². The van der Waals surface area contributed by atoms with E-state index >= 15 is 0 Å². The van der Waals surface area contributed by atoms with Gasteiger partial charge in [-0.2, -0.15) is 10.2 Å². The van der Waals surface area contributed by atoms with E-state index in [1.165, 1.54) is 4.88 Å². The lowest BCUT2D eigenvalue weighted by Crippen LogP contribution is -2.12. The Bertz CT molecular complexity index is 429. The zero-order valence-electron chi connectivity index (χ0n) is 7.93. The summed E-state index contributed by atoms with van der Waals surface area (Å²) in [5.74, 6) is 0. The highest BCUT2D eigenvalue weighted by Gasteiger charge is 2.08. The van der Waals surface area contributed by atoms with Crippen LogP contribution in [-0.4, -0.2) is 10.2 Å². The van der Waals surface area contributed by atoms with Gasteiger partial charge in [0.25, 0.3) is 0 Å². The first-order valence-corrected chi connectivity index (χ1v) is 6.18. The molecular formula is C10H10BrN3S. The van der Waals surface area contributed by atoms with Gasteiger partial charge < -0.3 is 5.73 Å². The van der Waals surface area contributed by atoms with Gasteiger partial charge in [-0.05, 0) is 33.6 Å². The molecular weight excluding hydrogens is 274 g/mol. The number of nitrogens with zero attached hydrogens (tertiary/aromatic N) is 2. The molecule has 78 valence electrons. The van der Waals surface area contributed by atoms with E-state index in [9.17, 15) is 0 Å². The largest absolute Gasteiger partial charge is 0.324 e. The van der Waals surface area contributed by atoms with Gasteiger partial charge in [-0.3, -0.25) is 0 Å². The number of rotatable bonds is 3. The lowest BCUT2D eigenvalue weighted by molar-refractivity contribution is 0.720. The summed E-state index contributed by atoms with van der Waals surface area (Å²) in [5, 5.41) is 9.61. The summed E-state index contributed by atoms with van der Waals surface area (Å²) < 4.78 is 1.11. The van der Waals surface area contributed by atoms with Crippen LogP contribution in [0.5, 0.6) is 0 Å². The van der Waals surface area contributed by atoms with Gasteiger partial charge in [0.15, 0.2) is 0 Å². The third kappa shape index (κ3) is 2.84. The molecule has 0 aromatic carbocycles. The van der Waals surface area contributed by atoms with E-state index in [0.717, 1.165) is 16.5 Å². The van der Waals surface area contributed by atoms with Crippen LogP contribution in [0.1, 0.15) is 16.5 Å². The summed E-state index contributed by atoms with van der Waals surface area (Å²) in [4.78, 5) is 1.27. The molecule has 5 heteroatoms. The van der Waals surface area contributed by atoms with Crippen LogP contribution in [0, 0.1) is 0 Å². The van der Waals surface area contributed by atoms with Gasteiger partial charge in [-0.15, -0.1) is 11.3 Å². The van der Waals surface area contributed by atoms with Crippen molar-refractivity contribution in [3.63, 3.8) is 0 Å². The van der Waals surface area contributed by atoms with E-state index < -0.39 is 0 Å². The molecule has 15 heavy (non-hydrogen) atoms. The normalized spacial score (nSPS) is 12.7. The molecule has 0 bridgehead atoms. The van der Waals surface area contributed by atoms with Crippen molar-refractivity contribution in [2.75, 3.05) is 0 Å². The lowest BCUT2D eigenvalue weighted by Gasteiger charge is -2.08. The Balaban J connectivity index is 2.07. The maximum Gasteiger partial charge on any atom is 0.0544 e. The van der Waals surface area contributed by atoms with Gasteiger partial charge >= 0.3 is 0 Å². The van der Waals surface area contributed by atoms with E-state index in [-0.39, 0.29) is 6.04 Å². The SMILES string of the molecule is NC(Cc1cc(Br)cs1)c1ccnnc1. The fourth-order valence-corrected chi connectivity index (χ4v) is 2.83. The maximum atomic E-state index is 6.06. The Kier molecular flexibility index (Phi) is 3.45. The summed E-state index contributed by atoms with van der Waals surface area (Å²) in [6, 6.07) is 3.99. The van der Waals surface area contributed by atoms with E-state index in [1.54, 1.807) is 23.7 Å². The van der Waals surface area contributed by atoms with Gasteiger partial charge in [0, 0.05) is 33.4 Å². The number of thiophene rings is 1. The minimum Gasteiger partial charge on any atom is -0.324 e. The first kappa shape index (κ1) is 10.7. The fourth-order valence-electron chi connectivity index (χ4n) is 1.32. The second kappa shape index (κ2) is 4.83. The predicted molar refractivity (Wildman–Crippen MR) is 64.7 cm³/mol. The molecule has 0 saturated carbocycles. The number of halogens is 1. The Labute approximate surface area is 100 Å². The third-order valence-electron chi connectivity index (χ3n) is 2.08. The highest BCUT2D eigenvalue weighted by Crippen LogP contribution is 2.23. The smallest absolute Gasteiger partial charge is 0.0544 e. The Morgan fingerprint density at radius 3 is 2.93 bits per heavy atom. The summed E-state index contributed by atoms with van der Waals surface area (Å²) >= 11 is 5.14. The van der Waals surface area contributed by atoms with E-state index in [4.69, 9.17) is 5.73 Å².